The third kappa shape index (κ3) is 4.73. The minimum atomic E-state index is -3.54. The van der Waals surface area contributed by atoms with Gasteiger partial charge in [-0.05, 0) is 24.3 Å². The third-order valence-corrected chi connectivity index (χ3v) is 6.88. The number of carbonyl (C=O) groups is 1. The minimum Gasteiger partial charge on any atom is -0.484 e. The maximum Gasteiger partial charge on any atom is 0.260 e. The number of hydrogen-bond donors (Lipinski definition) is 0. The largest absolute Gasteiger partial charge is 0.484 e. The van der Waals surface area contributed by atoms with Crippen LogP contribution in [0.4, 0.5) is 0 Å². The summed E-state index contributed by atoms with van der Waals surface area (Å²) in [5, 5.41) is 0.757. The highest BCUT2D eigenvalue weighted by atomic mass is 35.5. The van der Waals surface area contributed by atoms with Crippen LogP contribution >= 0.6 is 23.2 Å². The van der Waals surface area contributed by atoms with Crippen molar-refractivity contribution in [3.63, 3.8) is 0 Å². The summed E-state index contributed by atoms with van der Waals surface area (Å²) in [7, 11) is -3.54. The fourth-order valence-corrected chi connectivity index (χ4v) is 4.45. The van der Waals surface area contributed by atoms with E-state index in [4.69, 9.17) is 27.9 Å². The van der Waals surface area contributed by atoms with E-state index in [0.717, 1.165) is 0 Å². The van der Waals surface area contributed by atoms with Crippen LogP contribution in [0.5, 0.6) is 5.75 Å². The van der Waals surface area contributed by atoms with E-state index in [2.05, 4.69) is 0 Å². The fourth-order valence-electron chi connectivity index (χ4n) is 2.72. The number of amides is 1. The van der Waals surface area contributed by atoms with Crippen LogP contribution in [0.2, 0.25) is 10.0 Å². The predicted octanol–water partition coefficient (Wildman–Crippen LogP) is 2.91. The molecule has 1 amide bonds. The van der Waals surface area contributed by atoms with Crippen LogP contribution in [0.1, 0.15) is 0 Å². The van der Waals surface area contributed by atoms with Crippen LogP contribution in [-0.2, 0) is 14.8 Å². The van der Waals surface area contributed by atoms with Crippen molar-refractivity contribution in [3.8, 4) is 5.75 Å². The Bertz CT molecular complexity index is 914. The maximum absolute atomic E-state index is 12.6. The monoisotopic (exact) mass is 428 g/mol. The molecule has 0 spiro atoms. The lowest BCUT2D eigenvalue weighted by Gasteiger charge is -2.34. The molecule has 0 N–H and O–H groups in total. The second-order valence-corrected chi connectivity index (χ2v) is 8.71. The minimum absolute atomic E-state index is 0.149. The first-order valence-corrected chi connectivity index (χ1v) is 10.5. The van der Waals surface area contributed by atoms with Gasteiger partial charge in [0.15, 0.2) is 6.61 Å². The Morgan fingerprint density at radius 3 is 2.26 bits per heavy atom. The molecular weight excluding hydrogens is 411 g/mol. The molecule has 27 heavy (non-hydrogen) atoms. The van der Waals surface area contributed by atoms with Gasteiger partial charge in [0.1, 0.15) is 5.75 Å². The molecule has 2 aromatic rings. The summed E-state index contributed by atoms with van der Waals surface area (Å²) in [4.78, 5) is 14.2. The first-order chi connectivity index (χ1) is 12.9. The molecule has 0 saturated carbocycles. The molecule has 2 aromatic carbocycles. The summed E-state index contributed by atoms with van der Waals surface area (Å²) >= 11 is 11.8. The van der Waals surface area contributed by atoms with Crippen LogP contribution in [0.25, 0.3) is 0 Å². The molecule has 0 atom stereocenters. The van der Waals surface area contributed by atoms with Crippen molar-refractivity contribution >= 4 is 39.1 Å². The summed E-state index contributed by atoms with van der Waals surface area (Å²) in [6.45, 7) is 0.972. The number of hydrogen-bond acceptors (Lipinski definition) is 4. The highest BCUT2D eigenvalue weighted by Crippen LogP contribution is 2.26. The van der Waals surface area contributed by atoms with Crippen molar-refractivity contribution in [1.29, 1.82) is 0 Å². The first kappa shape index (κ1) is 19.9. The lowest BCUT2D eigenvalue weighted by Crippen LogP contribution is -2.51. The number of sulfonamides is 1. The van der Waals surface area contributed by atoms with Crippen molar-refractivity contribution in [2.75, 3.05) is 32.8 Å². The summed E-state index contributed by atoms with van der Waals surface area (Å²) in [5.74, 6) is 0.237. The van der Waals surface area contributed by atoms with Gasteiger partial charge in [-0.2, -0.15) is 4.31 Å². The number of nitrogens with zero attached hydrogens (tertiary/aromatic N) is 2. The van der Waals surface area contributed by atoms with Gasteiger partial charge in [-0.1, -0.05) is 41.4 Å². The molecule has 0 unspecified atom stereocenters. The zero-order valence-corrected chi connectivity index (χ0v) is 16.7. The number of benzene rings is 2. The van der Waals surface area contributed by atoms with E-state index < -0.39 is 10.0 Å². The smallest absolute Gasteiger partial charge is 0.260 e. The molecule has 6 nitrogen and oxygen atoms in total. The van der Waals surface area contributed by atoms with Crippen molar-refractivity contribution in [2.24, 2.45) is 0 Å². The molecule has 144 valence electrons. The molecule has 0 radical (unpaired) electrons. The van der Waals surface area contributed by atoms with Crippen molar-refractivity contribution < 1.29 is 17.9 Å². The van der Waals surface area contributed by atoms with Crippen LogP contribution in [0.15, 0.2) is 53.4 Å². The predicted molar refractivity (Wildman–Crippen MR) is 104 cm³/mol. The topological polar surface area (TPSA) is 66.9 Å². The average Bonchev–Trinajstić information content (AvgIpc) is 2.69. The molecule has 0 aromatic heterocycles. The standard InChI is InChI=1S/C18H18Cl2N2O4S/c19-16-7-6-14(12-17(16)20)26-13-18(23)21-8-10-22(11-9-21)27(24,25)15-4-2-1-3-5-15/h1-7,12H,8-11,13H2. The number of carbonyl (C=O) groups excluding carboxylic acids is 1. The van der Waals surface area contributed by atoms with E-state index in [1.54, 1.807) is 53.4 Å². The van der Waals surface area contributed by atoms with Crippen molar-refractivity contribution in [1.82, 2.24) is 9.21 Å². The van der Waals surface area contributed by atoms with Gasteiger partial charge in [0.2, 0.25) is 10.0 Å². The van der Waals surface area contributed by atoms with Gasteiger partial charge in [-0.3, -0.25) is 4.79 Å². The zero-order chi connectivity index (χ0) is 19.4. The van der Waals surface area contributed by atoms with Crippen molar-refractivity contribution in [3.05, 3.63) is 58.6 Å². The molecule has 1 saturated heterocycles. The van der Waals surface area contributed by atoms with Gasteiger partial charge in [-0.25, -0.2) is 8.42 Å². The molecular formula is C18H18Cl2N2O4S. The third-order valence-electron chi connectivity index (χ3n) is 4.23. The van der Waals surface area contributed by atoms with E-state index in [-0.39, 0.29) is 30.5 Å². The maximum atomic E-state index is 12.6. The van der Waals surface area contributed by atoms with Gasteiger partial charge in [-0.15, -0.1) is 0 Å². The van der Waals surface area contributed by atoms with E-state index in [9.17, 15) is 13.2 Å². The average molecular weight is 429 g/mol. The Morgan fingerprint density at radius 1 is 0.963 bits per heavy atom. The van der Waals surface area contributed by atoms with Crippen LogP contribution < -0.4 is 4.74 Å². The Kier molecular flexibility index (Phi) is 6.26. The van der Waals surface area contributed by atoms with Crippen molar-refractivity contribution in [2.45, 2.75) is 4.90 Å². The zero-order valence-electron chi connectivity index (χ0n) is 14.3. The lowest BCUT2D eigenvalue weighted by atomic mass is 10.3. The van der Waals surface area contributed by atoms with Gasteiger partial charge >= 0.3 is 0 Å². The van der Waals surface area contributed by atoms with E-state index in [1.807, 2.05) is 0 Å². The molecule has 1 aliphatic rings. The SMILES string of the molecule is O=C(COc1ccc(Cl)c(Cl)c1)N1CCN(S(=O)(=O)c2ccccc2)CC1. The number of halogens is 2. The normalized spacial score (nSPS) is 15.6. The van der Waals surface area contributed by atoms with Gasteiger partial charge < -0.3 is 9.64 Å². The quantitative estimate of drug-likeness (QED) is 0.733. The Balaban J connectivity index is 1.54. The molecule has 0 aliphatic carbocycles. The van der Waals surface area contributed by atoms with Gasteiger partial charge in [0, 0.05) is 32.2 Å². The second-order valence-electron chi connectivity index (χ2n) is 5.96. The van der Waals surface area contributed by atoms with Crippen LogP contribution in [0.3, 0.4) is 0 Å². The number of rotatable bonds is 5. The highest BCUT2D eigenvalue weighted by Gasteiger charge is 2.30. The van der Waals surface area contributed by atoms with Gasteiger partial charge in [0.25, 0.3) is 5.91 Å². The number of piperazine rings is 1. The molecule has 9 heteroatoms. The van der Waals surface area contributed by atoms with Gasteiger partial charge in [0.05, 0.1) is 14.9 Å². The summed E-state index contributed by atoms with van der Waals surface area (Å²) in [5.41, 5.74) is 0. The van der Waals surface area contributed by atoms with E-state index >= 15 is 0 Å². The molecule has 3 rings (SSSR count). The summed E-state index contributed by atoms with van der Waals surface area (Å²) in [6, 6.07) is 13.0. The Labute approximate surface area is 168 Å². The highest BCUT2D eigenvalue weighted by molar-refractivity contribution is 7.89. The van der Waals surface area contributed by atoms with E-state index in [0.29, 0.717) is 28.9 Å². The Morgan fingerprint density at radius 2 is 1.63 bits per heavy atom. The van der Waals surface area contributed by atoms with Crippen LogP contribution in [0, 0.1) is 0 Å². The molecule has 0 bridgehead atoms. The number of ether oxygens (including phenoxy) is 1. The molecule has 1 aliphatic heterocycles. The van der Waals surface area contributed by atoms with Crippen LogP contribution in [-0.4, -0.2) is 56.3 Å². The second kappa shape index (κ2) is 8.48. The molecule has 1 heterocycles. The van der Waals surface area contributed by atoms with E-state index in [1.165, 1.54) is 4.31 Å². The summed E-state index contributed by atoms with van der Waals surface area (Å²) < 4.78 is 32.1. The first-order valence-electron chi connectivity index (χ1n) is 8.29. The molecule has 1 fully saturated rings. The lowest BCUT2D eigenvalue weighted by molar-refractivity contribution is -0.134. The Hall–Kier alpha value is -1.80. The fraction of sp³-hybridized carbons (Fsp3) is 0.278. The summed E-state index contributed by atoms with van der Waals surface area (Å²) in [6.07, 6.45) is 0.